The summed E-state index contributed by atoms with van der Waals surface area (Å²) in [4.78, 5) is 4.11. The number of rotatable bonds is 5. The van der Waals surface area contributed by atoms with Gasteiger partial charge in [-0.3, -0.25) is 4.98 Å². The first-order valence-corrected chi connectivity index (χ1v) is 5.73. The Morgan fingerprint density at radius 3 is 2.59 bits per heavy atom. The second-order valence-electron chi connectivity index (χ2n) is 3.92. The number of nitrogens with zero attached hydrogens (tertiary/aromatic N) is 1. The maximum Gasteiger partial charge on any atom is 0.133 e. The van der Waals surface area contributed by atoms with Gasteiger partial charge in [-0.2, -0.15) is 0 Å². The third-order valence-electron chi connectivity index (χ3n) is 2.55. The molecule has 0 aliphatic rings. The average Bonchev–Trinajstić information content (AvgIpc) is 2.38. The molecule has 2 aromatic rings. The van der Waals surface area contributed by atoms with Gasteiger partial charge in [0.2, 0.25) is 0 Å². The summed E-state index contributed by atoms with van der Waals surface area (Å²) in [5.41, 5.74) is 2.27. The zero-order valence-corrected chi connectivity index (χ0v) is 9.63. The maximum atomic E-state index is 9.09. The van der Waals surface area contributed by atoms with E-state index in [2.05, 4.69) is 34.6 Å². The summed E-state index contributed by atoms with van der Waals surface area (Å²) >= 11 is 0. The fourth-order valence-corrected chi connectivity index (χ4v) is 1.62. The number of pyridine rings is 1. The van der Waals surface area contributed by atoms with Crippen LogP contribution in [0, 0.1) is 0 Å². The van der Waals surface area contributed by atoms with Crippen molar-refractivity contribution in [1.82, 2.24) is 10.3 Å². The van der Waals surface area contributed by atoms with Crippen LogP contribution in [0.25, 0.3) is 0 Å². The summed E-state index contributed by atoms with van der Waals surface area (Å²) in [6.07, 6.45) is 2.48. The molecule has 0 spiro atoms. The molecule has 2 N–H and O–H groups in total. The van der Waals surface area contributed by atoms with E-state index in [9.17, 15) is 0 Å². The van der Waals surface area contributed by atoms with Crippen LogP contribution in [0.2, 0.25) is 0 Å². The van der Waals surface area contributed by atoms with Crippen LogP contribution >= 0.6 is 0 Å². The van der Waals surface area contributed by atoms with Crippen LogP contribution in [0.15, 0.2) is 48.7 Å². The predicted molar refractivity (Wildman–Crippen MR) is 67.8 cm³/mol. The number of aromatic hydroxyl groups is 1. The molecule has 0 radical (unpaired) electrons. The van der Waals surface area contributed by atoms with E-state index in [1.807, 2.05) is 12.1 Å². The Balaban J connectivity index is 1.71. The lowest BCUT2D eigenvalue weighted by Gasteiger charge is -2.04. The first-order chi connectivity index (χ1) is 8.34. The second-order valence-corrected chi connectivity index (χ2v) is 3.92. The number of hydrogen-bond acceptors (Lipinski definition) is 3. The third-order valence-corrected chi connectivity index (χ3v) is 2.55. The molecular weight excluding hydrogens is 212 g/mol. The van der Waals surface area contributed by atoms with Crippen molar-refractivity contribution in [3.05, 3.63) is 59.9 Å². The van der Waals surface area contributed by atoms with Crippen LogP contribution in [-0.4, -0.2) is 16.6 Å². The van der Waals surface area contributed by atoms with E-state index < -0.39 is 0 Å². The van der Waals surface area contributed by atoms with E-state index in [1.54, 1.807) is 6.07 Å². The molecule has 0 unspecified atom stereocenters. The lowest BCUT2D eigenvalue weighted by atomic mass is 10.1. The first-order valence-electron chi connectivity index (χ1n) is 5.73. The van der Waals surface area contributed by atoms with Gasteiger partial charge < -0.3 is 10.4 Å². The van der Waals surface area contributed by atoms with Crippen LogP contribution in [0.5, 0.6) is 5.75 Å². The van der Waals surface area contributed by atoms with E-state index in [-0.39, 0.29) is 5.75 Å². The Morgan fingerprint density at radius 2 is 1.88 bits per heavy atom. The van der Waals surface area contributed by atoms with Gasteiger partial charge in [0.05, 0.1) is 11.9 Å². The zero-order chi connectivity index (χ0) is 11.9. The molecule has 2 rings (SSSR count). The largest absolute Gasteiger partial charge is 0.506 e. The second kappa shape index (κ2) is 6.01. The van der Waals surface area contributed by atoms with Crippen molar-refractivity contribution >= 4 is 0 Å². The summed E-state index contributed by atoms with van der Waals surface area (Å²) in [7, 11) is 0. The first kappa shape index (κ1) is 11.6. The van der Waals surface area contributed by atoms with Crippen LogP contribution in [0.1, 0.15) is 11.3 Å². The van der Waals surface area contributed by atoms with Gasteiger partial charge in [0.15, 0.2) is 0 Å². The van der Waals surface area contributed by atoms with Gasteiger partial charge in [0.1, 0.15) is 5.75 Å². The molecule has 3 heteroatoms. The highest BCUT2D eigenvalue weighted by Crippen LogP contribution is 2.05. The maximum absolute atomic E-state index is 9.09. The molecule has 0 bridgehead atoms. The van der Waals surface area contributed by atoms with Crippen molar-refractivity contribution in [3.63, 3.8) is 0 Å². The van der Waals surface area contributed by atoms with Gasteiger partial charge >= 0.3 is 0 Å². The van der Waals surface area contributed by atoms with Crippen LogP contribution < -0.4 is 5.32 Å². The standard InChI is InChI=1S/C14H16N2O/c17-14-7-6-13(16-11-14)10-15-9-8-12-4-2-1-3-5-12/h1-7,11,15,17H,8-10H2. The van der Waals surface area contributed by atoms with Gasteiger partial charge in [-0.15, -0.1) is 0 Å². The monoisotopic (exact) mass is 228 g/mol. The summed E-state index contributed by atoms with van der Waals surface area (Å²) in [5, 5.41) is 12.4. The zero-order valence-electron chi connectivity index (χ0n) is 9.63. The highest BCUT2D eigenvalue weighted by molar-refractivity contribution is 5.18. The van der Waals surface area contributed by atoms with Gasteiger partial charge in [-0.25, -0.2) is 0 Å². The molecule has 0 saturated carbocycles. The lowest BCUT2D eigenvalue weighted by Crippen LogP contribution is -2.17. The molecule has 1 aromatic heterocycles. The van der Waals surface area contributed by atoms with Crippen molar-refractivity contribution in [3.8, 4) is 5.75 Å². The Hall–Kier alpha value is -1.87. The molecule has 0 aliphatic carbocycles. The fourth-order valence-electron chi connectivity index (χ4n) is 1.62. The Kier molecular flexibility index (Phi) is 4.11. The minimum Gasteiger partial charge on any atom is -0.506 e. The number of hydrogen-bond donors (Lipinski definition) is 2. The highest BCUT2D eigenvalue weighted by atomic mass is 16.3. The molecule has 1 aromatic carbocycles. The van der Waals surface area contributed by atoms with E-state index in [1.165, 1.54) is 11.8 Å². The Morgan fingerprint density at radius 1 is 1.06 bits per heavy atom. The van der Waals surface area contributed by atoms with E-state index in [0.29, 0.717) is 0 Å². The summed E-state index contributed by atoms with van der Waals surface area (Å²) in [6, 6.07) is 13.9. The fraction of sp³-hybridized carbons (Fsp3) is 0.214. The van der Waals surface area contributed by atoms with E-state index in [4.69, 9.17) is 5.11 Å². The molecule has 0 amide bonds. The minimum atomic E-state index is 0.207. The lowest BCUT2D eigenvalue weighted by molar-refractivity contribution is 0.471. The van der Waals surface area contributed by atoms with Gasteiger partial charge in [0.25, 0.3) is 0 Å². The number of aromatic nitrogens is 1. The summed E-state index contributed by atoms with van der Waals surface area (Å²) < 4.78 is 0. The minimum absolute atomic E-state index is 0.207. The number of benzene rings is 1. The quantitative estimate of drug-likeness (QED) is 0.770. The van der Waals surface area contributed by atoms with Crippen LogP contribution in [-0.2, 0) is 13.0 Å². The molecule has 0 atom stereocenters. The van der Waals surface area contributed by atoms with E-state index in [0.717, 1.165) is 25.2 Å². The highest BCUT2D eigenvalue weighted by Gasteiger charge is 1.95. The van der Waals surface area contributed by atoms with Crippen molar-refractivity contribution < 1.29 is 5.11 Å². The topological polar surface area (TPSA) is 45.1 Å². The van der Waals surface area contributed by atoms with E-state index >= 15 is 0 Å². The molecular formula is C14H16N2O. The molecule has 0 saturated heterocycles. The van der Waals surface area contributed by atoms with Gasteiger partial charge in [0, 0.05) is 6.54 Å². The van der Waals surface area contributed by atoms with Gasteiger partial charge in [-0.05, 0) is 30.7 Å². The smallest absolute Gasteiger partial charge is 0.133 e. The van der Waals surface area contributed by atoms with Gasteiger partial charge in [-0.1, -0.05) is 30.3 Å². The average molecular weight is 228 g/mol. The van der Waals surface area contributed by atoms with Crippen molar-refractivity contribution in [2.45, 2.75) is 13.0 Å². The van der Waals surface area contributed by atoms with Crippen molar-refractivity contribution in [1.29, 1.82) is 0 Å². The molecule has 3 nitrogen and oxygen atoms in total. The molecule has 1 heterocycles. The van der Waals surface area contributed by atoms with Crippen LogP contribution in [0.4, 0.5) is 0 Å². The molecule has 17 heavy (non-hydrogen) atoms. The molecule has 88 valence electrons. The molecule has 0 aliphatic heterocycles. The normalized spacial score (nSPS) is 10.4. The van der Waals surface area contributed by atoms with Crippen LogP contribution in [0.3, 0.4) is 0 Å². The predicted octanol–water partition coefficient (Wildman–Crippen LogP) is 2.12. The third kappa shape index (κ3) is 3.89. The SMILES string of the molecule is Oc1ccc(CNCCc2ccccc2)nc1. The van der Waals surface area contributed by atoms with Crippen molar-refractivity contribution in [2.24, 2.45) is 0 Å². The Bertz CT molecular complexity index is 440. The number of nitrogens with one attached hydrogen (secondary N) is 1. The summed E-state index contributed by atoms with van der Waals surface area (Å²) in [5.74, 6) is 0.207. The Labute approximate surface area is 101 Å². The van der Waals surface area contributed by atoms with Crippen molar-refractivity contribution in [2.75, 3.05) is 6.54 Å². The summed E-state index contributed by atoms with van der Waals surface area (Å²) in [6.45, 7) is 1.65. The molecule has 0 fully saturated rings.